The van der Waals surface area contributed by atoms with Crippen molar-refractivity contribution in [2.24, 2.45) is 11.8 Å². The zero-order valence-corrected chi connectivity index (χ0v) is 11.8. The molecule has 17 heavy (non-hydrogen) atoms. The first-order chi connectivity index (χ1) is 8.40. The van der Waals surface area contributed by atoms with E-state index in [0.29, 0.717) is 0 Å². The van der Waals surface area contributed by atoms with Crippen LogP contribution in [0.3, 0.4) is 0 Å². The molecule has 0 heteroatoms. The van der Waals surface area contributed by atoms with Gasteiger partial charge in [0, 0.05) is 0 Å². The van der Waals surface area contributed by atoms with E-state index in [2.05, 4.69) is 6.92 Å². The van der Waals surface area contributed by atoms with E-state index < -0.39 is 0 Å². The molecule has 0 N–H and O–H groups in total. The van der Waals surface area contributed by atoms with Crippen LogP contribution in [0, 0.1) is 17.8 Å². The lowest BCUT2D eigenvalue weighted by Gasteiger charge is -2.35. The summed E-state index contributed by atoms with van der Waals surface area (Å²) < 4.78 is 0. The average Bonchev–Trinajstić information content (AvgIpc) is 2.41. The van der Waals surface area contributed by atoms with E-state index in [9.17, 15) is 0 Å². The molecule has 2 fully saturated rings. The Morgan fingerprint density at radius 1 is 0.882 bits per heavy atom. The van der Waals surface area contributed by atoms with E-state index in [1.165, 1.54) is 83.5 Å². The predicted octanol–water partition coefficient (Wildman–Crippen LogP) is 5.91. The van der Waals surface area contributed by atoms with Crippen molar-refractivity contribution in [3.05, 3.63) is 5.92 Å². The highest BCUT2D eigenvalue weighted by molar-refractivity contribution is 5.00. The normalized spacial score (nSPS) is 25.2. The van der Waals surface area contributed by atoms with Crippen LogP contribution in [-0.4, -0.2) is 0 Å². The van der Waals surface area contributed by atoms with Gasteiger partial charge in [-0.25, -0.2) is 0 Å². The van der Waals surface area contributed by atoms with Gasteiger partial charge >= 0.3 is 0 Å². The maximum absolute atomic E-state index is 2.32. The van der Waals surface area contributed by atoms with Crippen LogP contribution in [0.5, 0.6) is 0 Å². The fourth-order valence-electron chi connectivity index (χ4n) is 3.94. The van der Waals surface area contributed by atoms with Crippen molar-refractivity contribution in [2.45, 2.75) is 90.4 Å². The molecule has 0 saturated heterocycles. The molecule has 2 aliphatic rings. The lowest BCUT2D eigenvalue weighted by Crippen LogP contribution is -2.22. The zero-order chi connectivity index (χ0) is 11.9. The fraction of sp³-hybridized carbons (Fsp3) is 0.941. The standard InChI is InChI=1S/C17H31/c1-2-3-5-8-15-11-13-17(14-12-15)16-9-6-4-7-10-16/h15-16H,2-14H2,1H3. The highest BCUT2D eigenvalue weighted by Gasteiger charge is 2.28. The molecule has 0 atom stereocenters. The summed E-state index contributed by atoms with van der Waals surface area (Å²) in [5, 5.41) is 0. The van der Waals surface area contributed by atoms with Crippen LogP contribution in [0.15, 0.2) is 0 Å². The molecule has 1 radical (unpaired) electrons. The molecule has 0 unspecified atom stereocenters. The molecule has 0 aromatic rings. The lowest BCUT2D eigenvalue weighted by atomic mass is 9.70. The van der Waals surface area contributed by atoms with Gasteiger partial charge in [-0.3, -0.25) is 0 Å². The number of unbranched alkanes of at least 4 members (excludes halogenated alkanes) is 2. The summed E-state index contributed by atoms with van der Waals surface area (Å²) in [6, 6.07) is 0. The van der Waals surface area contributed by atoms with Gasteiger partial charge in [0.05, 0.1) is 0 Å². The third kappa shape index (κ3) is 4.30. The van der Waals surface area contributed by atoms with Crippen molar-refractivity contribution in [2.75, 3.05) is 0 Å². The van der Waals surface area contributed by atoms with E-state index in [4.69, 9.17) is 0 Å². The summed E-state index contributed by atoms with van der Waals surface area (Å²) in [7, 11) is 0. The monoisotopic (exact) mass is 235 g/mol. The summed E-state index contributed by atoms with van der Waals surface area (Å²) in [5.74, 6) is 4.09. The summed E-state index contributed by atoms with van der Waals surface area (Å²) >= 11 is 0. The minimum Gasteiger partial charge on any atom is -0.0654 e. The Kier molecular flexibility index (Phi) is 5.88. The van der Waals surface area contributed by atoms with Crippen LogP contribution in [0.1, 0.15) is 90.4 Å². The molecule has 2 saturated carbocycles. The highest BCUT2D eigenvalue weighted by Crippen LogP contribution is 2.42. The predicted molar refractivity (Wildman–Crippen MR) is 75.9 cm³/mol. The molecule has 0 bridgehead atoms. The summed E-state index contributed by atoms with van der Waals surface area (Å²) in [6.45, 7) is 2.32. The molecule has 2 rings (SSSR count). The van der Waals surface area contributed by atoms with Crippen molar-refractivity contribution < 1.29 is 0 Å². The van der Waals surface area contributed by atoms with Crippen molar-refractivity contribution in [1.82, 2.24) is 0 Å². The first-order valence-electron chi connectivity index (χ1n) is 8.24. The van der Waals surface area contributed by atoms with Crippen LogP contribution in [0.2, 0.25) is 0 Å². The Bertz CT molecular complexity index is 182. The van der Waals surface area contributed by atoms with Crippen molar-refractivity contribution in [1.29, 1.82) is 0 Å². The van der Waals surface area contributed by atoms with Gasteiger partial charge in [0.25, 0.3) is 0 Å². The molecule has 0 aliphatic heterocycles. The average molecular weight is 235 g/mol. The first-order valence-corrected chi connectivity index (χ1v) is 8.24. The molecule has 0 amide bonds. The van der Waals surface area contributed by atoms with Gasteiger partial charge in [-0.2, -0.15) is 0 Å². The Morgan fingerprint density at radius 2 is 1.59 bits per heavy atom. The number of hydrogen-bond acceptors (Lipinski definition) is 0. The van der Waals surface area contributed by atoms with Crippen molar-refractivity contribution in [3.8, 4) is 0 Å². The minimum atomic E-state index is 1.04. The maximum Gasteiger partial charge on any atom is -0.0210 e. The van der Waals surface area contributed by atoms with E-state index in [0.717, 1.165) is 11.8 Å². The molecule has 0 aromatic heterocycles. The Hall–Kier alpha value is 0. The molecule has 99 valence electrons. The molecule has 0 aromatic carbocycles. The van der Waals surface area contributed by atoms with Crippen LogP contribution >= 0.6 is 0 Å². The molecule has 2 aliphatic carbocycles. The second-order valence-electron chi connectivity index (χ2n) is 6.43. The van der Waals surface area contributed by atoms with Crippen LogP contribution in [-0.2, 0) is 0 Å². The Labute approximate surface area is 109 Å². The smallest absolute Gasteiger partial charge is 0.0210 e. The molecule has 0 heterocycles. The van der Waals surface area contributed by atoms with Gasteiger partial charge in [-0.15, -0.1) is 0 Å². The second kappa shape index (κ2) is 7.44. The summed E-state index contributed by atoms with van der Waals surface area (Å²) in [6.07, 6.45) is 19.4. The highest BCUT2D eigenvalue weighted by atomic mass is 14.3. The van der Waals surface area contributed by atoms with Crippen LogP contribution in [0.25, 0.3) is 0 Å². The number of rotatable bonds is 5. The largest absolute Gasteiger partial charge is 0.0654 e. The maximum atomic E-state index is 2.32. The second-order valence-corrected chi connectivity index (χ2v) is 6.43. The Morgan fingerprint density at radius 3 is 2.24 bits per heavy atom. The van der Waals surface area contributed by atoms with E-state index >= 15 is 0 Å². The van der Waals surface area contributed by atoms with Gasteiger partial charge in [-0.1, -0.05) is 51.9 Å². The lowest BCUT2D eigenvalue weighted by molar-refractivity contribution is 0.275. The fourth-order valence-corrected chi connectivity index (χ4v) is 3.94. The third-order valence-corrected chi connectivity index (χ3v) is 5.15. The van der Waals surface area contributed by atoms with Crippen molar-refractivity contribution >= 4 is 0 Å². The molecular formula is C17H31. The van der Waals surface area contributed by atoms with Crippen LogP contribution < -0.4 is 0 Å². The van der Waals surface area contributed by atoms with Gasteiger partial charge < -0.3 is 0 Å². The zero-order valence-electron chi connectivity index (χ0n) is 11.8. The van der Waals surface area contributed by atoms with E-state index in [1.807, 2.05) is 5.92 Å². The molecular weight excluding hydrogens is 204 g/mol. The van der Waals surface area contributed by atoms with Crippen molar-refractivity contribution in [3.63, 3.8) is 0 Å². The Balaban J connectivity index is 1.63. The summed E-state index contributed by atoms with van der Waals surface area (Å²) in [5.41, 5.74) is 0. The number of hydrogen-bond donors (Lipinski definition) is 0. The van der Waals surface area contributed by atoms with Gasteiger partial charge in [0.1, 0.15) is 0 Å². The molecule has 0 spiro atoms. The van der Waals surface area contributed by atoms with Crippen LogP contribution in [0.4, 0.5) is 0 Å². The summed E-state index contributed by atoms with van der Waals surface area (Å²) in [4.78, 5) is 0. The van der Waals surface area contributed by atoms with E-state index in [1.54, 1.807) is 0 Å². The van der Waals surface area contributed by atoms with Gasteiger partial charge in [-0.05, 0) is 56.3 Å². The quantitative estimate of drug-likeness (QED) is 0.519. The van der Waals surface area contributed by atoms with Gasteiger partial charge in [0.2, 0.25) is 0 Å². The van der Waals surface area contributed by atoms with Gasteiger partial charge in [0.15, 0.2) is 0 Å². The SMILES string of the molecule is CCCCCC1CC[C](C2CCCCC2)CC1. The topological polar surface area (TPSA) is 0 Å². The molecule has 0 nitrogen and oxygen atoms in total. The third-order valence-electron chi connectivity index (χ3n) is 5.15. The van der Waals surface area contributed by atoms with E-state index in [-0.39, 0.29) is 0 Å². The minimum absolute atomic E-state index is 1.04. The first kappa shape index (κ1) is 13.4.